The standard InChI is InChI=1S/C12H17N3O3S/c1-16-9-14-13-6-7-15-19-10-4-5-11(17-2)12(8-10)18-3/h4-6,8-9,15H,7H2,1-3H3/b13-6+,14-9-. The molecule has 0 amide bonds. The number of benzene rings is 1. The number of hydrogen-bond acceptors (Lipinski definition) is 7. The third-order valence-electron chi connectivity index (χ3n) is 2.02. The summed E-state index contributed by atoms with van der Waals surface area (Å²) in [5, 5.41) is 7.37. The van der Waals surface area contributed by atoms with E-state index in [1.165, 1.54) is 25.5 Å². The molecule has 0 aliphatic heterocycles. The number of hydrogen-bond donors (Lipinski definition) is 1. The summed E-state index contributed by atoms with van der Waals surface area (Å²) in [6, 6.07) is 5.70. The average Bonchev–Trinajstić information content (AvgIpc) is 2.46. The van der Waals surface area contributed by atoms with E-state index in [0.29, 0.717) is 18.0 Å². The van der Waals surface area contributed by atoms with Crippen molar-refractivity contribution in [2.24, 2.45) is 10.2 Å². The molecule has 0 radical (unpaired) electrons. The van der Waals surface area contributed by atoms with Crippen molar-refractivity contribution in [1.29, 1.82) is 0 Å². The van der Waals surface area contributed by atoms with E-state index in [9.17, 15) is 0 Å². The van der Waals surface area contributed by atoms with Crippen LogP contribution in [0.15, 0.2) is 33.3 Å². The van der Waals surface area contributed by atoms with Gasteiger partial charge in [0.1, 0.15) is 0 Å². The minimum Gasteiger partial charge on any atom is -0.493 e. The van der Waals surface area contributed by atoms with Gasteiger partial charge >= 0.3 is 0 Å². The molecule has 0 bridgehead atoms. The molecule has 0 aliphatic carbocycles. The first-order valence-electron chi connectivity index (χ1n) is 5.49. The van der Waals surface area contributed by atoms with Crippen molar-refractivity contribution < 1.29 is 14.2 Å². The van der Waals surface area contributed by atoms with E-state index in [0.717, 1.165) is 4.90 Å². The summed E-state index contributed by atoms with van der Waals surface area (Å²) in [6.45, 7) is 0.583. The van der Waals surface area contributed by atoms with Gasteiger partial charge in [0.2, 0.25) is 0 Å². The Labute approximate surface area is 117 Å². The first-order valence-corrected chi connectivity index (χ1v) is 6.31. The van der Waals surface area contributed by atoms with Crippen molar-refractivity contribution >= 4 is 24.6 Å². The normalized spacial score (nSPS) is 11.1. The summed E-state index contributed by atoms with van der Waals surface area (Å²) in [7, 11) is 4.74. The minimum atomic E-state index is 0.583. The minimum absolute atomic E-state index is 0.583. The maximum Gasteiger partial charge on any atom is 0.194 e. The second kappa shape index (κ2) is 9.23. The largest absolute Gasteiger partial charge is 0.493 e. The first-order chi connectivity index (χ1) is 9.31. The maximum atomic E-state index is 5.22. The molecule has 104 valence electrons. The van der Waals surface area contributed by atoms with E-state index in [4.69, 9.17) is 9.47 Å². The second-order valence-corrected chi connectivity index (χ2v) is 4.19. The van der Waals surface area contributed by atoms with Gasteiger partial charge in [-0.3, -0.25) is 4.72 Å². The van der Waals surface area contributed by atoms with Crippen LogP contribution < -0.4 is 14.2 Å². The van der Waals surface area contributed by atoms with Crippen molar-refractivity contribution in [3.8, 4) is 11.5 Å². The number of nitrogens with zero attached hydrogens (tertiary/aromatic N) is 2. The SMILES string of the molecule is CO/C=N\N=C\CNSc1ccc(OC)c(OC)c1. The van der Waals surface area contributed by atoms with E-state index < -0.39 is 0 Å². The highest BCUT2D eigenvalue weighted by atomic mass is 32.2. The van der Waals surface area contributed by atoms with Crippen molar-refractivity contribution in [2.75, 3.05) is 27.9 Å². The maximum absolute atomic E-state index is 5.22. The molecular formula is C12H17N3O3S. The molecule has 1 N–H and O–H groups in total. The van der Waals surface area contributed by atoms with Crippen molar-refractivity contribution in [2.45, 2.75) is 4.90 Å². The highest BCUT2D eigenvalue weighted by molar-refractivity contribution is 7.97. The Balaban J connectivity index is 2.41. The Morgan fingerprint density at radius 3 is 2.63 bits per heavy atom. The summed E-state index contributed by atoms with van der Waals surface area (Å²) in [5.74, 6) is 1.41. The third kappa shape index (κ3) is 5.62. The molecule has 7 heteroatoms. The summed E-state index contributed by atoms with van der Waals surface area (Å²) in [4.78, 5) is 1.02. The quantitative estimate of drug-likeness (QED) is 0.260. The Bertz CT molecular complexity index is 438. The fraction of sp³-hybridized carbons (Fsp3) is 0.333. The van der Waals surface area contributed by atoms with Gasteiger partial charge < -0.3 is 14.2 Å². The van der Waals surface area contributed by atoms with E-state index in [2.05, 4.69) is 19.7 Å². The van der Waals surface area contributed by atoms with Crippen LogP contribution in [0.25, 0.3) is 0 Å². The Kier molecular flexibility index (Phi) is 7.45. The molecule has 0 saturated carbocycles. The Hall–Kier alpha value is -1.73. The fourth-order valence-electron chi connectivity index (χ4n) is 1.20. The van der Waals surface area contributed by atoms with Crippen LogP contribution >= 0.6 is 11.9 Å². The lowest BCUT2D eigenvalue weighted by atomic mass is 10.3. The number of ether oxygens (including phenoxy) is 3. The van der Waals surface area contributed by atoms with Gasteiger partial charge in [-0.15, -0.1) is 5.10 Å². The van der Waals surface area contributed by atoms with Gasteiger partial charge in [0, 0.05) is 17.7 Å². The van der Waals surface area contributed by atoms with Gasteiger partial charge in [-0.2, -0.15) is 5.10 Å². The van der Waals surface area contributed by atoms with Crippen LogP contribution in [0.5, 0.6) is 11.5 Å². The first kappa shape index (κ1) is 15.3. The van der Waals surface area contributed by atoms with E-state index >= 15 is 0 Å². The molecule has 0 aliphatic rings. The summed E-state index contributed by atoms with van der Waals surface area (Å²) in [5.41, 5.74) is 0. The Morgan fingerprint density at radius 2 is 1.95 bits per heavy atom. The van der Waals surface area contributed by atoms with Gasteiger partial charge in [-0.25, -0.2) is 0 Å². The summed E-state index contributed by atoms with van der Waals surface area (Å²) < 4.78 is 18.1. The topological polar surface area (TPSA) is 64.4 Å². The van der Waals surface area contributed by atoms with E-state index in [-0.39, 0.29) is 0 Å². The van der Waals surface area contributed by atoms with Gasteiger partial charge in [0.25, 0.3) is 0 Å². The second-order valence-electron chi connectivity index (χ2n) is 3.22. The molecule has 6 nitrogen and oxygen atoms in total. The van der Waals surface area contributed by atoms with Gasteiger partial charge in [0.05, 0.1) is 21.3 Å². The van der Waals surface area contributed by atoms with Crippen LogP contribution in [-0.2, 0) is 4.74 Å². The fourth-order valence-corrected chi connectivity index (χ4v) is 1.83. The zero-order valence-electron chi connectivity index (χ0n) is 11.1. The van der Waals surface area contributed by atoms with Crippen LogP contribution in [0.3, 0.4) is 0 Å². The molecule has 1 aromatic rings. The molecule has 1 aromatic carbocycles. The summed E-state index contributed by atoms with van der Waals surface area (Å²) in [6.07, 6.45) is 2.90. The molecule has 1 rings (SSSR count). The average molecular weight is 283 g/mol. The van der Waals surface area contributed by atoms with Crippen LogP contribution in [0.4, 0.5) is 0 Å². The lowest BCUT2D eigenvalue weighted by Crippen LogP contribution is -2.06. The van der Waals surface area contributed by atoms with Gasteiger partial charge in [-0.05, 0) is 30.1 Å². The lowest BCUT2D eigenvalue weighted by Gasteiger charge is -2.08. The number of methoxy groups -OCH3 is 3. The molecule has 0 atom stereocenters. The molecule has 0 heterocycles. The highest BCUT2D eigenvalue weighted by Crippen LogP contribution is 2.30. The molecule has 0 saturated heterocycles. The molecule has 0 fully saturated rings. The van der Waals surface area contributed by atoms with Crippen LogP contribution in [0.1, 0.15) is 0 Å². The van der Waals surface area contributed by atoms with Gasteiger partial charge in [0.15, 0.2) is 17.9 Å². The van der Waals surface area contributed by atoms with Gasteiger partial charge in [-0.1, -0.05) is 0 Å². The zero-order chi connectivity index (χ0) is 13.9. The van der Waals surface area contributed by atoms with E-state index in [1.54, 1.807) is 20.4 Å². The van der Waals surface area contributed by atoms with Crippen molar-refractivity contribution in [3.05, 3.63) is 18.2 Å². The molecule has 19 heavy (non-hydrogen) atoms. The smallest absolute Gasteiger partial charge is 0.194 e. The number of nitrogens with one attached hydrogen (secondary N) is 1. The van der Waals surface area contributed by atoms with Crippen molar-refractivity contribution in [3.63, 3.8) is 0 Å². The predicted octanol–water partition coefficient (Wildman–Crippen LogP) is 1.96. The van der Waals surface area contributed by atoms with Crippen LogP contribution in [-0.4, -0.2) is 40.5 Å². The summed E-state index contributed by atoms with van der Waals surface area (Å²) >= 11 is 1.47. The molecule has 0 unspecified atom stereocenters. The Morgan fingerprint density at radius 1 is 1.16 bits per heavy atom. The molecule has 0 aromatic heterocycles. The monoisotopic (exact) mass is 283 g/mol. The van der Waals surface area contributed by atoms with Crippen molar-refractivity contribution in [1.82, 2.24) is 4.72 Å². The predicted molar refractivity (Wildman–Crippen MR) is 77.4 cm³/mol. The van der Waals surface area contributed by atoms with Crippen LogP contribution in [0, 0.1) is 0 Å². The molecule has 0 spiro atoms. The zero-order valence-corrected chi connectivity index (χ0v) is 11.9. The lowest BCUT2D eigenvalue weighted by molar-refractivity contribution is 0.354. The van der Waals surface area contributed by atoms with Crippen LogP contribution in [0.2, 0.25) is 0 Å². The van der Waals surface area contributed by atoms with E-state index in [1.807, 2.05) is 18.2 Å². The third-order valence-corrected chi connectivity index (χ3v) is 2.82. The number of rotatable bonds is 8. The molecular weight excluding hydrogens is 266 g/mol. The highest BCUT2D eigenvalue weighted by Gasteiger charge is 2.04.